The maximum atomic E-state index is 13.8. The molecule has 8 nitrogen and oxygen atoms in total. The molecule has 1 aromatic carbocycles. The second kappa shape index (κ2) is 9.00. The number of carbonyl (C=O) groups excluding carboxylic acids is 1. The van der Waals surface area contributed by atoms with E-state index in [-0.39, 0.29) is 17.7 Å². The predicted octanol–water partition coefficient (Wildman–Crippen LogP) is 5.34. The van der Waals surface area contributed by atoms with Crippen molar-refractivity contribution in [3.63, 3.8) is 0 Å². The van der Waals surface area contributed by atoms with Crippen molar-refractivity contribution in [1.82, 2.24) is 30.4 Å². The van der Waals surface area contributed by atoms with Gasteiger partial charge in [0.1, 0.15) is 11.7 Å². The molecule has 3 heterocycles. The molecule has 2 saturated carbocycles. The Kier molecular flexibility index (Phi) is 5.66. The molecule has 2 aliphatic carbocycles. The van der Waals surface area contributed by atoms with E-state index < -0.39 is 0 Å². The van der Waals surface area contributed by atoms with Crippen LogP contribution in [0.15, 0.2) is 42.7 Å². The first kappa shape index (κ1) is 22.6. The van der Waals surface area contributed by atoms with Gasteiger partial charge in [-0.25, -0.2) is 0 Å². The summed E-state index contributed by atoms with van der Waals surface area (Å²) >= 11 is 0. The molecule has 0 radical (unpaired) electrons. The molecule has 2 aliphatic rings. The highest BCUT2D eigenvalue weighted by Crippen LogP contribution is 2.54. The number of anilines is 1. The third-order valence-corrected chi connectivity index (χ3v) is 7.66. The average molecular weight is 482 g/mol. The summed E-state index contributed by atoms with van der Waals surface area (Å²) in [6, 6.07) is 9.95. The molecule has 8 heteroatoms. The van der Waals surface area contributed by atoms with Gasteiger partial charge in [-0.3, -0.25) is 14.9 Å². The molecule has 3 N–H and O–H groups in total. The molecule has 1 unspecified atom stereocenters. The van der Waals surface area contributed by atoms with Gasteiger partial charge in [0.25, 0.3) is 0 Å². The Labute approximate surface area is 210 Å². The summed E-state index contributed by atoms with van der Waals surface area (Å²) in [5.41, 5.74) is 6.93. The summed E-state index contributed by atoms with van der Waals surface area (Å²) in [7, 11) is 0. The molecule has 0 spiro atoms. The van der Waals surface area contributed by atoms with Crippen LogP contribution in [-0.2, 0) is 4.79 Å². The zero-order valence-corrected chi connectivity index (χ0v) is 20.9. The molecule has 1 amide bonds. The topological polar surface area (TPSA) is 112 Å². The fraction of sp³-hybridized carbons (Fsp3) is 0.393. The van der Waals surface area contributed by atoms with Crippen molar-refractivity contribution in [3.8, 4) is 22.5 Å². The van der Waals surface area contributed by atoms with Crippen LogP contribution in [0.25, 0.3) is 22.5 Å². The average Bonchev–Trinajstić information content (AvgIpc) is 3.81. The van der Waals surface area contributed by atoms with Gasteiger partial charge in [0, 0.05) is 34.9 Å². The highest BCUT2D eigenvalue weighted by atomic mass is 16.2. The van der Waals surface area contributed by atoms with Gasteiger partial charge in [0.2, 0.25) is 5.91 Å². The fourth-order valence-electron chi connectivity index (χ4n) is 5.54. The standard InChI is InChI=1S/C28H31N7O/c1-15-12-13-29-14-22(15)26-31-27(35-34-26)25(24(19-4-5-19)20-6-7-20)28(36)30-21-10-8-18(9-11-21)23-16(2)32-33-17(23)3/h8-14,19-20,24-25H,4-7H2,1-3H3,(H,30,36)(H,32,33)(H,31,34,35). The van der Waals surface area contributed by atoms with Gasteiger partial charge >= 0.3 is 0 Å². The van der Waals surface area contributed by atoms with Crippen molar-refractivity contribution < 1.29 is 4.79 Å². The van der Waals surface area contributed by atoms with Crippen LogP contribution in [0.5, 0.6) is 0 Å². The number of nitrogens with one attached hydrogen (secondary N) is 3. The van der Waals surface area contributed by atoms with Crippen molar-refractivity contribution in [2.24, 2.45) is 17.8 Å². The number of rotatable bonds is 8. The summed E-state index contributed by atoms with van der Waals surface area (Å²) in [6.45, 7) is 6.04. The molecular weight excluding hydrogens is 450 g/mol. The van der Waals surface area contributed by atoms with Crippen LogP contribution in [-0.4, -0.2) is 36.3 Å². The second-order valence-electron chi connectivity index (χ2n) is 10.4. The van der Waals surface area contributed by atoms with E-state index in [0.29, 0.717) is 23.5 Å². The van der Waals surface area contributed by atoms with Crippen molar-refractivity contribution in [2.45, 2.75) is 52.4 Å². The Balaban J connectivity index is 1.29. The summed E-state index contributed by atoms with van der Waals surface area (Å²) in [5, 5.41) is 19.4. The van der Waals surface area contributed by atoms with Crippen LogP contribution in [0.1, 0.15) is 54.4 Å². The van der Waals surface area contributed by atoms with Gasteiger partial charge < -0.3 is 10.3 Å². The van der Waals surface area contributed by atoms with Gasteiger partial charge in [0.05, 0.1) is 5.69 Å². The number of hydrogen-bond donors (Lipinski definition) is 3. The lowest BCUT2D eigenvalue weighted by atomic mass is 9.82. The second-order valence-corrected chi connectivity index (χ2v) is 10.4. The molecule has 4 aromatic rings. The number of aromatic nitrogens is 6. The summed E-state index contributed by atoms with van der Waals surface area (Å²) < 4.78 is 0. The molecule has 36 heavy (non-hydrogen) atoms. The monoisotopic (exact) mass is 481 g/mol. The van der Waals surface area contributed by atoms with Gasteiger partial charge in [0.15, 0.2) is 5.82 Å². The zero-order valence-electron chi connectivity index (χ0n) is 20.9. The molecule has 0 saturated heterocycles. The van der Waals surface area contributed by atoms with Crippen molar-refractivity contribution in [1.29, 1.82) is 0 Å². The smallest absolute Gasteiger partial charge is 0.235 e. The molecule has 3 aromatic heterocycles. The lowest BCUT2D eigenvalue weighted by Gasteiger charge is -2.24. The number of hydrogen-bond acceptors (Lipinski definition) is 5. The Hall–Kier alpha value is -3.81. The Morgan fingerprint density at radius 2 is 1.72 bits per heavy atom. The molecular formula is C28H31N7O. The molecule has 6 rings (SSSR count). The number of carbonyl (C=O) groups is 1. The summed E-state index contributed by atoms with van der Waals surface area (Å²) in [6.07, 6.45) is 8.30. The highest BCUT2D eigenvalue weighted by molar-refractivity contribution is 5.96. The molecule has 184 valence electrons. The largest absolute Gasteiger partial charge is 0.325 e. The minimum absolute atomic E-state index is 0.0205. The van der Waals surface area contributed by atoms with Gasteiger partial charge in [-0.1, -0.05) is 12.1 Å². The zero-order chi connectivity index (χ0) is 24.8. The normalized spacial score (nSPS) is 16.3. The van der Waals surface area contributed by atoms with Gasteiger partial charge in [-0.2, -0.15) is 5.10 Å². The Morgan fingerprint density at radius 3 is 2.33 bits per heavy atom. The van der Waals surface area contributed by atoms with E-state index >= 15 is 0 Å². The Bertz CT molecular complexity index is 1360. The van der Waals surface area contributed by atoms with E-state index in [2.05, 4.69) is 35.7 Å². The van der Waals surface area contributed by atoms with E-state index in [0.717, 1.165) is 39.3 Å². The van der Waals surface area contributed by atoms with Crippen LogP contribution in [0, 0.1) is 38.5 Å². The fourth-order valence-corrected chi connectivity index (χ4v) is 5.54. The van der Waals surface area contributed by atoms with Crippen LogP contribution in [0.3, 0.4) is 0 Å². The van der Waals surface area contributed by atoms with Crippen molar-refractivity contribution in [3.05, 3.63) is 65.5 Å². The van der Waals surface area contributed by atoms with E-state index in [9.17, 15) is 4.79 Å². The Morgan fingerprint density at radius 1 is 1.00 bits per heavy atom. The summed E-state index contributed by atoms with van der Waals surface area (Å²) in [4.78, 5) is 21.5. The molecule has 0 bridgehead atoms. The number of benzene rings is 1. The minimum Gasteiger partial charge on any atom is -0.325 e. The van der Waals surface area contributed by atoms with Crippen molar-refractivity contribution in [2.75, 3.05) is 5.32 Å². The highest BCUT2D eigenvalue weighted by Gasteiger charge is 2.49. The number of H-pyrrole nitrogens is 2. The number of amides is 1. The number of pyridine rings is 1. The van der Waals surface area contributed by atoms with Gasteiger partial charge in [-0.15, -0.1) is 10.2 Å². The quantitative estimate of drug-likeness (QED) is 0.314. The lowest BCUT2D eigenvalue weighted by Crippen LogP contribution is -2.31. The van der Waals surface area contributed by atoms with Crippen LogP contribution < -0.4 is 5.32 Å². The first-order chi connectivity index (χ1) is 17.5. The first-order valence-corrected chi connectivity index (χ1v) is 12.8. The third kappa shape index (κ3) is 4.32. The van der Waals surface area contributed by atoms with E-state index in [1.165, 1.54) is 25.7 Å². The maximum Gasteiger partial charge on any atom is 0.235 e. The van der Waals surface area contributed by atoms with Crippen LogP contribution in [0.2, 0.25) is 0 Å². The third-order valence-electron chi connectivity index (χ3n) is 7.66. The van der Waals surface area contributed by atoms with E-state index in [1.807, 2.05) is 51.1 Å². The molecule has 0 aliphatic heterocycles. The summed E-state index contributed by atoms with van der Waals surface area (Å²) in [5.74, 6) is 2.38. The maximum absolute atomic E-state index is 13.8. The lowest BCUT2D eigenvalue weighted by molar-refractivity contribution is -0.119. The van der Waals surface area contributed by atoms with Crippen LogP contribution >= 0.6 is 0 Å². The number of aryl methyl sites for hydroxylation is 3. The predicted molar refractivity (Wildman–Crippen MR) is 138 cm³/mol. The minimum atomic E-state index is -0.360. The molecule has 2 fully saturated rings. The number of nitrogens with zero attached hydrogens (tertiary/aromatic N) is 4. The first-order valence-electron chi connectivity index (χ1n) is 12.8. The van der Waals surface area contributed by atoms with E-state index in [1.54, 1.807) is 12.4 Å². The number of aromatic amines is 2. The van der Waals surface area contributed by atoms with E-state index in [4.69, 9.17) is 0 Å². The van der Waals surface area contributed by atoms with Crippen molar-refractivity contribution >= 4 is 11.6 Å². The van der Waals surface area contributed by atoms with Crippen LogP contribution in [0.4, 0.5) is 5.69 Å². The van der Waals surface area contributed by atoms with Gasteiger partial charge in [-0.05, 0) is 93.5 Å². The SMILES string of the molecule is Cc1ccncc1-c1nnc(C(C(=O)Nc2ccc(-c3c(C)n[nH]c3C)cc2)C(C2CC2)C2CC2)[nH]1. The molecule has 1 atom stereocenters.